The summed E-state index contributed by atoms with van der Waals surface area (Å²) in [5, 5.41) is 32.9. The molecule has 1 amide bonds. The minimum atomic E-state index is -0.921. The molecule has 0 aliphatic carbocycles. The molecule has 0 bridgehead atoms. The van der Waals surface area contributed by atoms with Crippen molar-refractivity contribution in [3.63, 3.8) is 0 Å². The van der Waals surface area contributed by atoms with Crippen LogP contribution in [0.15, 0.2) is 12.2 Å². The Bertz CT molecular complexity index is 554. The number of nitrogens with one attached hydrogen (secondary N) is 1. The van der Waals surface area contributed by atoms with Crippen LogP contribution in [-0.4, -0.2) is 46.1 Å². The first-order chi connectivity index (χ1) is 19.5. The Balaban J connectivity index is 3.73. The Morgan fingerprint density at radius 1 is 0.625 bits per heavy atom. The zero-order valence-corrected chi connectivity index (χ0v) is 26.7. The predicted octanol–water partition coefficient (Wildman–Crippen LogP) is 8.92. The summed E-state index contributed by atoms with van der Waals surface area (Å²) in [4.78, 5) is 12.3. The van der Waals surface area contributed by atoms with E-state index in [0.29, 0.717) is 6.42 Å². The maximum Gasteiger partial charge on any atom is 0.222 e. The lowest BCUT2D eigenvalue weighted by molar-refractivity contribution is -0.124. The first-order valence-corrected chi connectivity index (χ1v) is 17.5. The van der Waals surface area contributed by atoms with Gasteiger partial charge in [-0.15, -0.1) is 0 Å². The first-order valence-electron chi connectivity index (χ1n) is 17.5. The average Bonchev–Trinajstić information content (AvgIpc) is 2.94. The number of unbranched alkanes of at least 4 members (excludes halogenated alkanes) is 22. The van der Waals surface area contributed by atoms with Crippen molar-refractivity contribution in [2.24, 2.45) is 0 Å². The second-order valence-electron chi connectivity index (χ2n) is 12.1. The number of hydrogen-bond donors (Lipinski definition) is 4. The van der Waals surface area contributed by atoms with Crippen molar-refractivity contribution in [2.45, 2.75) is 199 Å². The van der Waals surface area contributed by atoms with Crippen LogP contribution < -0.4 is 5.32 Å². The molecule has 0 aromatic rings. The zero-order valence-electron chi connectivity index (χ0n) is 26.7. The van der Waals surface area contributed by atoms with Gasteiger partial charge in [-0.25, -0.2) is 0 Å². The van der Waals surface area contributed by atoms with Gasteiger partial charge in [0.05, 0.1) is 31.3 Å². The average molecular weight is 568 g/mol. The van der Waals surface area contributed by atoms with E-state index in [1.165, 1.54) is 128 Å². The molecule has 5 nitrogen and oxygen atoms in total. The summed E-state index contributed by atoms with van der Waals surface area (Å²) in [5.41, 5.74) is 0. The molecule has 0 saturated carbocycles. The molecule has 0 spiro atoms. The number of hydrogen-bond acceptors (Lipinski definition) is 4. The molecule has 0 saturated heterocycles. The summed E-state index contributed by atoms with van der Waals surface area (Å²) in [6, 6.07) is -0.736. The third-order valence-corrected chi connectivity index (χ3v) is 8.07. The van der Waals surface area contributed by atoms with Gasteiger partial charge < -0.3 is 20.6 Å². The number of rotatable bonds is 31. The van der Waals surface area contributed by atoms with Crippen molar-refractivity contribution >= 4 is 5.91 Å². The molecule has 0 aliphatic rings. The fourth-order valence-electron chi connectivity index (χ4n) is 5.34. The van der Waals surface area contributed by atoms with Crippen molar-refractivity contribution in [1.82, 2.24) is 5.32 Å². The molecule has 0 aromatic carbocycles. The van der Waals surface area contributed by atoms with Crippen LogP contribution in [0.4, 0.5) is 0 Å². The second-order valence-corrected chi connectivity index (χ2v) is 12.1. The smallest absolute Gasteiger partial charge is 0.222 e. The van der Waals surface area contributed by atoms with E-state index >= 15 is 0 Å². The molecule has 0 rings (SSSR count). The molecule has 238 valence electrons. The molecule has 0 heterocycles. The summed E-state index contributed by atoms with van der Waals surface area (Å²) in [5.74, 6) is -0.318. The van der Waals surface area contributed by atoms with Gasteiger partial charge in [-0.1, -0.05) is 167 Å². The van der Waals surface area contributed by atoms with Crippen LogP contribution in [0.3, 0.4) is 0 Å². The number of allylic oxidation sites excluding steroid dienone is 1. The number of carbonyl (C=O) groups excluding carboxylic acids is 1. The van der Waals surface area contributed by atoms with Crippen molar-refractivity contribution in [1.29, 1.82) is 0 Å². The highest BCUT2D eigenvalue weighted by Gasteiger charge is 2.20. The lowest BCUT2D eigenvalue weighted by Crippen LogP contribution is -2.45. The van der Waals surface area contributed by atoms with Crippen LogP contribution >= 0.6 is 0 Å². The maximum absolute atomic E-state index is 12.3. The highest BCUT2D eigenvalue weighted by molar-refractivity contribution is 5.76. The minimum Gasteiger partial charge on any atom is -0.394 e. The van der Waals surface area contributed by atoms with Crippen LogP contribution in [0.5, 0.6) is 0 Å². The molecule has 3 atom stereocenters. The fraction of sp³-hybridized carbons (Fsp3) is 0.914. The van der Waals surface area contributed by atoms with Gasteiger partial charge >= 0.3 is 0 Å². The lowest BCUT2D eigenvalue weighted by atomic mass is 10.0. The SMILES string of the molecule is CCCCCCCCCCCCCCCC/C=C/C(O)C(CO)NC(=O)CC(O)CCCCCCCCCCC. The van der Waals surface area contributed by atoms with Crippen molar-refractivity contribution in [3.05, 3.63) is 12.2 Å². The number of amides is 1. The van der Waals surface area contributed by atoms with E-state index in [2.05, 4.69) is 19.2 Å². The van der Waals surface area contributed by atoms with Crippen molar-refractivity contribution in [2.75, 3.05) is 6.61 Å². The van der Waals surface area contributed by atoms with Gasteiger partial charge in [-0.2, -0.15) is 0 Å². The van der Waals surface area contributed by atoms with Crippen molar-refractivity contribution < 1.29 is 20.1 Å². The molecule has 0 fully saturated rings. The third-order valence-electron chi connectivity index (χ3n) is 8.07. The molecule has 5 heteroatoms. The quantitative estimate of drug-likeness (QED) is 0.0497. The summed E-state index contributed by atoms with van der Waals surface area (Å²) in [6.45, 7) is 4.17. The van der Waals surface area contributed by atoms with Crippen LogP contribution in [-0.2, 0) is 4.79 Å². The first kappa shape index (κ1) is 39.1. The fourth-order valence-corrected chi connectivity index (χ4v) is 5.34. The van der Waals surface area contributed by atoms with E-state index in [1.54, 1.807) is 6.08 Å². The molecule has 4 N–H and O–H groups in total. The second kappa shape index (κ2) is 31.0. The van der Waals surface area contributed by atoms with E-state index in [4.69, 9.17) is 0 Å². The Hall–Kier alpha value is -0.910. The summed E-state index contributed by atoms with van der Waals surface area (Å²) in [7, 11) is 0. The highest BCUT2D eigenvalue weighted by Crippen LogP contribution is 2.14. The standard InChI is InChI=1S/C35H69NO4/c1-3-5-7-9-11-13-14-15-16-17-18-19-21-23-25-27-29-34(39)33(31-37)36-35(40)30-32(38)28-26-24-22-20-12-10-8-6-4-2/h27,29,32-34,37-39H,3-26,28,30-31H2,1-2H3,(H,36,40)/b29-27+. The molecular weight excluding hydrogens is 498 g/mol. The molecular formula is C35H69NO4. The van der Waals surface area contributed by atoms with Crippen LogP contribution in [0, 0.1) is 0 Å². The van der Waals surface area contributed by atoms with Gasteiger partial charge in [0.2, 0.25) is 5.91 Å². The van der Waals surface area contributed by atoms with E-state index in [9.17, 15) is 20.1 Å². The number of aliphatic hydroxyl groups excluding tert-OH is 3. The van der Waals surface area contributed by atoms with Gasteiger partial charge in [0.25, 0.3) is 0 Å². The predicted molar refractivity (Wildman–Crippen MR) is 172 cm³/mol. The van der Waals surface area contributed by atoms with E-state index in [0.717, 1.165) is 25.7 Å². The van der Waals surface area contributed by atoms with E-state index in [1.807, 2.05) is 6.08 Å². The minimum absolute atomic E-state index is 0.0169. The normalized spacial score (nSPS) is 14.0. The van der Waals surface area contributed by atoms with E-state index < -0.39 is 18.2 Å². The molecule has 40 heavy (non-hydrogen) atoms. The van der Waals surface area contributed by atoms with Crippen LogP contribution in [0.25, 0.3) is 0 Å². The lowest BCUT2D eigenvalue weighted by Gasteiger charge is -2.21. The van der Waals surface area contributed by atoms with Crippen LogP contribution in [0.2, 0.25) is 0 Å². The molecule has 0 aliphatic heterocycles. The summed E-state index contributed by atoms with van der Waals surface area (Å²) >= 11 is 0. The van der Waals surface area contributed by atoms with Crippen LogP contribution in [0.1, 0.15) is 181 Å². The Labute approximate surface area is 249 Å². The van der Waals surface area contributed by atoms with Gasteiger partial charge in [0.1, 0.15) is 0 Å². The Morgan fingerprint density at radius 2 is 1.02 bits per heavy atom. The molecule has 3 unspecified atom stereocenters. The monoisotopic (exact) mass is 568 g/mol. The summed E-state index contributed by atoms with van der Waals surface area (Å²) < 4.78 is 0. The Morgan fingerprint density at radius 3 is 1.45 bits per heavy atom. The topological polar surface area (TPSA) is 89.8 Å². The maximum atomic E-state index is 12.3. The van der Waals surface area contributed by atoms with E-state index in [-0.39, 0.29) is 18.9 Å². The van der Waals surface area contributed by atoms with Gasteiger partial charge in [0, 0.05) is 0 Å². The van der Waals surface area contributed by atoms with Gasteiger partial charge in [-0.05, 0) is 19.3 Å². The largest absolute Gasteiger partial charge is 0.394 e. The molecule has 0 aromatic heterocycles. The number of aliphatic hydroxyl groups is 3. The highest BCUT2D eigenvalue weighted by atomic mass is 16.3. The molecule has 0 radical (unpaired) electrons. The third kappa shape index (κ3) is 27.3. The zero-order chi connectivity index (χ0) is 29.5. The number of carbonyl (C=O) groups is 1. The summed E-state index contributed by atoms with van der Waals surface area (Å²) in [6.07, 6.45) is 33.4. The van der Waals surface area contributed by atoms with Gasteiger partial charge in [0.15, 0.2) is 0 Å². The Kier molecular flexibility index (Phi) is 30.3. The van der Waals surface area contributed by atoms with Gasteiger partial charge in [-0.3, -0.25) is 4.79 Å². The van der Waals surface area contributed by atoms with Crippen molar-refractivity contribution in [3.8, 4) is 0 Å².